The minimum absolute atomic E-state index is 0. The van der Waals surface area contributed by atoms with Gasteiger partial charge in [-0.3, -0.25) is 19.7 Å². The lowest BCUT2D eigenvalue weighted by molar-refractivity contribution is -0.137. The summed E-state index contributed by atoms with van der Waals surface area (Å²) in [6.07, 6.45) is 2.28. The molecule has 11 rings (SSSR count). The first kappa shape index (κ1) is 83.8. The fourth-order valence-corrected chi connectivity index (χ4v) is 10.5. The van der Waals surface area contributed by atoms with Crippen molar-refractivity contribution in [3.05, 3.63) is 239 Å². The van der Waals surface area contributed by atoms with E-state index in [2.05, 4.69) is 57.9 Å². The molecule has 6 aromatic carbocycles. The molecule has 3 aromatic heterocycles. The number of aryl methyl sites for hydroxylation is 1. The minimum atomic E-state index is -1.01. The number of carbonyl (C=O) groups excluding carboxylic acids is 8. The fraction of sp³-hybridized carbons (Fsp3) is 0.160. The third-order valence-electron chi connectivity index (χ3n) is 13.5. The first-order valence-electron chi connectivity index (χ1n) is 30.7. The number of Topliss-reactive ketones (excluding diaryl/α,β-unsaturated/α-hetero) is 1. The molecule has 3 N–H and O–H groups in total. The Kier molecular flexibility index (Phi) is 33.0. The van der Waals surface area contributed by atoms with E-state index >= 15 is 0 Å². The Labute approximate surface area is 655 Å². The number of hydrogen-bond acceptors (Lipinski definition) is 24. The summed E-state index contributed by atoms with van der Waals surface area (Å²) in [4.78, 5) is 116. The number of carboxylic acids is 1. The number of anilines is 2. The van der Waals surface area contributed by atoms with Gasteiger partial charge in [-0.15, -0.1) is 58.0 Å². The molecule has 0 aliphatic carbocycles. The van der Waals surface area contributed by atoms with Crippen molar-refractivity contribution in [1.29, 1.82) is 0 Å². The quantitative estimate of drug-likeness (QED) is 0.0159. The van der Waals surface area contributed by atoms with Crippen molar-refractivity contribution in [2.75, 3.05) is 39.1 Å². The molecule has 2 aliphatic heterocycles. The summed E-state index contributed by atoms with van der Waals surface area (Å²) in [5.74, 6) is -0.847. The number of ketones is 1. The lowest BCUT2D eigenvalue weighted by atomic mass is 10.1. The molecule has 2 amide bonds. The second-order valence-electron chi connectivity index (χ2n) is 22.3. The summed E-state index contributed by atoms with van der Waals surface area (Å²) in [6, 6.07) is 45.8. The number of rotatable bonds is 20. The van der Waals surface area contributed by atoms with E-state index in [0.29, 0.717) is 77.0 Å². The lowest BCUT2D eigenvalue weighted by Gasteiger charge is -2.19. The number of nitrogens with one attached hydrogen (secondary N) is 2. The van der Waals surface area contributed by atoms with Crippen molar-refractivity contribution in [3.8, 4) is 40.2 Å². The van der Waals surface area contributed by atoms with Gasteiger partial charge in [0, 0.05) is 84.7 Å². The van der Waals surface area contributed by atoms with Crippen molar-refractivity contribution < 1.29 is 95.6 Å². The number of aliphatic carboxylic acids is 1. The molecule has 24 nitrogen and oxygen atoms in total. The Morgan fingerprint density at radius 2 is 0.933 bits per heavy atom. The van der Waals surface area contributed by atoms with Gasteiger partial charge in [0.1, 0.15) is 26.0 Å². The maximum atomic E-state index is 12.3. The average Bonchev–Trinajstić information content (AvgIpc) is 1.75. The molecule has 0 fully saturated rings. The summed E-state index contributed by atoms with van der Waals surface area (Å²) in [5.41, 5.74) is 4.79. The summed E-state index contributed by atoms with van der Waals surface area (Å²) in [7, 11) is 6.03. The van der Waals surface area contributed by atoms with Gasteiger partial charge in [0.05, 0.1) is 34.9 Å². The van der Waals surface area contributed by atoms with E-state index in [1.54, 1.807) is 172 Å². The molecule has 9 aromatic rings. The molecule has 546 valence electrons. The van der Waals surface area contributed by atoms with Gasteiger partial charge in [0.2, 0.25) is 17.7 Å². The molecule has 0 saturated heterocycles. The highest BCUT2D eigenvalue weighted by Crippen LogP contribution is 2.35. The Morgan fingerprint density at radius 1 is 0.514 bits per heavy atom. The Bertz CT molecular complexity index is 4650. The number of carbonyl (C=O) groups is 9. The van der Waals surface area contributed by atoms with Gasteiger partial charge >= 0.3 is 41.9 Å². The number of aliphatic imine (C=N–C) groups is 2. The van der Waals surface area contributed by atoms with Gasteiger partial charge in [-0.25, -0.2) is 38.8 Å². The number of nitrogens with zero attached hydrogens (tertiary/aromatic N) is 2. The van der Waals surface area contributed by atoms with Crippen molar-refractivity contribution in [1.82, 2.24) is 0 Å². The molecular weight excluding hydrogens is 1750 g/mol. The van der Waals surface area contributed by atoms with Crippen molar-refractivity contribution in [2.45, 2.75) is 53.1 Å². The molecule has 0 spiro atoms. The standard InChI is InChI=1S/C24H18N2O6S.C23H17NO5S.C15H19NO5.C13H12O4S.I2.HI/c1-14(27)25-17-8-6-16(7-9-17)22-26-18(23(28)32-22)12-15-5-10-19(30-2)20(13-15)31-24(29)21-4-3-11-33-21;1-14-5-8-16(9-6-14)21-24-17(22(25)29-21)12-15-7-10-18(27-2)19(13-15)28-23(26)20-4-3-11-30-20;1-15(2,3)21-14(20)16-11-6-4-10(5-7-11)12(17)8-9-13(18)19;1-15-9-5-6-10(11(8-9)16-2)17-13(14)12-4-3-7-18-12;1-2;/h3-13H,1-2H3,(H,25,27);3-13H,1-2H3;4-7H,8-9H2,1-3H3,(H,16,20)(H,18,19);3-8H,1-2H3;;1H/b18-12+;17-12+;;;;. The van der Waals surface area contributed by atoms with Crippen LogP contribution in [0.3, 0.4) is 0 Å². The Hall–Kier alpha value is -10.1. The molecule has 2 aliphatic rings. The molecule has 0 unspecified atom stereocenters. The second kappa shape index (κ2) is 41.4. The fourth-order valence-electron chi connectivity index (χ4n) is 8.72. The van der Waals surface area contributed by atoms with Gasteiger partial charge < -0.3 is 57.8 Å². The first-order chi connectivity index (χ1) is 49.9. The highest BCUT2D eigenvalue weighted by atomic mass is 128. The Balaban J connectivity index is 0.000000223. The van der Waals surface area contributed by atoms with E-state index in [1.807, 2.05) is 36.6 Å². The number of halogens is 3. The second-order valence-corrected chi connectivity index (χ2v) is 25.1. The van der Waals surface area contributed by atoms with Crippen LogP contribution in [-0.4, -0.2) is 105 Å². The van der Waals surface area contributed by atoms with Crippen LogP contribution in [0.2, 0.25) is 0 Å². The third-order valence-corrected chi connectivity index (χ3v) is 16.1. The van der Waals surface area contributed by atoms with Crippen LogP contribution in [0.5, 0.6) is 40.2 Å². The molecule has 5 heterocycles. The van der Waals surface area contributed by atoms with Crippen LogP contribution in [0.25, 0.3) is 12.2 Å². The summed E-state index contributed by atoms with van der Waals surface area (Å²) in [6.45, 7) is 8.68. The SMILES string of the molecule is CC(C)(C)OC(=O)Nc1ccc(C(=O)CCC(=O)O)cc1.COc1ccc(/C=C2/N=C(c3ccc(C)cc3)OC2=O)cc1OC(=O)c1cccs1.COc1ccc(/C=C2/N=C(c3ccc(NC(C)=O)cc3)OC2=O)cc1OC(=O)c1cccs1.COc1ccc(OC(=O)c2cccs2)c(OC)c1.I.II. The average molecular weight is 1820 g/mol. The zero-order valence-electron chi connectivity index (χ0n) is 57.4. The number of ether oxygens (including phenoxy) is 10. The number of thiophene rings is 3. The first-order valence-corrected chi connectivity index (χ1v) is 39.6. The van der Waals surface area contributed by atoms with Crippen molar-refractivity contribution >= 4 is 184 Å². The number of amides is 2. The van der Waals surface area contributed by atoms with Gasteiger partial charge in [-0.1, -0.05) is 48.0 Å². The summed E-state index contributed by atoms with van der Waals surface area (Å²) >= 11 is 8.13. The smallest absolute Gasteiger partial charge is 0.412 e. The van der Waals surface area contributed by atoms with E-state index in [-0.39, 0.29) is 83.2 Å². The third kappa shape index (κ3) is 26.2. The summed E-state index contributed by atoms with van der Waals surface area (Å²) in [5, 5.41) is 19.1. The molecule has 0 radical (unpaired) electrons. The van der Waals surface area contributed by atoms with Crippen LogP contribution < -0.4 is 43.8 Å². The molecule has 105 heavy (non-hydrogen) atoms. The number of methoxy groups -OCH3 is 4. The van der Waals surface area contributed by atoms with Gasteiger partial charge in [0.15, 0.2) is 51.7 Å². The number of carboxylic acid groups (broad SMARTS) is 1. The maximum absolute atomic E-state index is 12.3. The largest absolute Gasteiger partial charge is 0.497 e. The molecular formula is C75H67I3N4O20S3. The Morgan fingerprint density at radius 3 is 1.33 bits per heavy atom. The van der Waals surface area contributed by atoms with E-state index < -0.39 is 47.5 Å². The number of benzene rings is 6. The number of hydrogen-bond donors (Lipinski definition) is 3. The van der Waals surface area contributed by atoms with Gasteiger partial charge in [-0.2, -0.15) is 0 Å². The van der Waals surface area contributed by atoms with Crippen molar-refractivity contribution in [3.63, 3.8) is 0 Å². The zero-order valence-corrected chi connectivity index (χ0v) is 66.5. The monoisotopic (exact) mass is 1820 g/mol. The van der Waals surface area contributed by atoms with Crippen LogP contribution in [-0.2, 0) is 33.4 Å². The molecule has 0 bridgehead atoms. The molecule has 30 heteroatoms. The van der Waals surface area contributed by atoms with E-state index in [0.717, 1.165) is 11.1 Å². The predicted molar refractivity (Wildman–Crippen MR) is 427 cm³/mol. The normalized spacial score (nSPS) is 12.4. The molecule has 0 atom stereocenters. The van der Waals surface area contributed by atoms with E-state index in [1.165, 1.54) is 80.5 Å². The zero-order chi connectivity index (χ0) is 75.5. The summed E-state index contributed by atoms with van der Waals surface area (Å²) < 4.78 is 52.7. The number of esters is 5. The van der Waals surface area contributed by atoms with Crippen molar-refractivity contribution in [2.24, 2.45) is 9.98 Å². The lowest BCUT2D eigenvalue weighted by Crippen LogP contribution is -2.27. The highest BCUT2D eigenvalue weighted by molar-refractivity contribution is 15.0. The topological polar surface area (TPSA) is 315 Å². The van der Waals surface area contributed by atoms with E-state index in [4.69, 9.17) is 52.5 Å². The highest BCUT2D eigenvalue weighted by Gasteiger charge is 2.27. The maximum Gasteiger partial charge on any atom is 0.412 e. The van der Waals surface area contributed by atoms with Crippen LogP contribution in [0, 0.1) is 6.92 Å². The van der Waals surface area contributed by atoms with Crippen LogP contribution in [0.4, 0.5) is 16.2 Å². The number of cyclic esters (lactones) is 2. The predicted octanol–water partition coefficient (Wildman–Crippen LogP) is 17.4. The van der Waals surface area contributed by atoms with Gasteiger partial charge in [0.25, 0.3) is 0 Å². The minimum Gasteiger partial charge on any atom is -0.497 e. The van der Waals surface area contributed by atoms with Crippen LogP contribution >= 0.6 is 95.2 Å². The molecule has 0 saturated carbocycles. The van der Waals surface area contributed by atoms with E-state index in [9.17, 15) is 43.2 Å². The van der Waals surface area contributed by atoms with Crippen LogP contribution in [0.15, 0.2) is 201 Å². The van der Waals surface area contributed by atoms with Gasteiger partial charge in [-0.05, 0) is 182 Å². The van der Waals surface area contributed by atoms with Crippen LogP contribution in [0.1, 0.15) is 108 Å².